The number of rotatable bonds is 11. The van der Waals surface area contributed by atoms with E-state index in [4.69, 9.17) is 18.6 Å². The predicted molar refractivity (Wildman–Crippen MR) is 160 cm³/mol. The van der Waals surface area contributed by atoms with Crippen LogP contribution in [-0.4, -0.2) is 39.2 Å². The molecule has 4 rings (SSSR count). The number of carbonyl (C=O) groups is 2. The van der Waals surface area contributed by atoms with Crippen molar-refractivity contribution in [1.82, 2.24) is 10.6 Å². The smallest absolute Gasteiger partial charge is 0.243 e. The zero-order valence-corrected chi connectivity index (χ0v) is 25.0. The first kappa shape index (κ1) is 30.5. The standard InChI is InChI=1S/C32H39N3O7/c1-7-18(2)29(32(38)33-17-21-9-8-14-42-21)35-25-13-11-22-23(16-26(25)37)24(34-19(3)36)12-10-20-15-27(39-4)30(40-5)31(41-6)28(20)22/h8-9,11,13-16,18,24,29H,7,10,12,17H2,1-6H3,(H,33,38)(H,34,36)(H,35,37). The van der Waals surface area contributed by atoms with Gasteiger partial charge in [-0.05, 0) is 65.8 Å². The van der Waals surface area contributed by atoms with Crippen LogP contribution in [0.1, 0.15) is 56.5 Å². The van der Waals surface area contributed by atoms with Crippen molar-refractivity contribution in [3.8, 4) is 28.4 Å². The normalized spacial score (nSPS) is 15.2. The van der Waals surface area contributed by atoms with Gasteiger partial charge in [0.15, 0.2) is 11.5 Å². The summed E-state index contributed by atoms with van der Waals surface area (Å²) in [5.74, 6) is 1.54. The molecule has 1 heterocycles. The number of fused-ring (bicyclic) bond motifs is 3. The fourth-order valence-electron chi connectivity index (χ4n) is 5.39. The van der Waals surface area contributed by atoms with Gasteiger partial charge >= 0.3 is 0 Å². The van der Waals surface area contributed by atoms with Gasteiger partial charge in [-0.15, -0.1) is 0 Å². The van der Waals surface area contributed by atoms with Crippen LogP contribution < -0.4 is 35.6 Å². The van der Waals surface area contributed by atoms with Gasteiger partial charge in [-0.3, -0.25) is 14.4 Å². The Morgan fingerprint density at radius 3 is 2.45 bits per heavy atom. The number of benzene rings is 1. The molecular formula is C32H39N3O7. The van der Waals surface area contributed by atoms with Crippen LogP contribution in [0.15, 0.2) is 51.9 Å². The molecule has 3 unspecified atom stereocenters. The summed E-state index contributed by atoms with van der Waals surface area (Å²) in [5, 5.41) is 9.13. The molecule has 2 aromatic carbocycles. The summed E-state index contributed by atoms with van der Waals surface area (Å²) in [6.07, 6.45) is 3.42. The summed E-state index contributed by atoms with van der Waals surface area (Å²) in [4.78, 5) is 39.2. The van der Waals surface area contributed by atoms with E-state index in [0.29, 0.717) is 53.4 Å². The Hall–Kier alpha value is -4.47. The lowest BCUT2D eigenvalue weighted by Crippen LogP contribution is -2.44. The molecule has 10 heteroatoms. The fraction of sp³-hybridized carbons (Fsp3) is 0.406. The van der Waals surface area contributed by atoms with Gasteiger partial charge in [0, 0.05) is 12.5 Å². The van der Waals surface area contributed by atoms with Crippen LogP contribution in [0.2, 0.25) is 0 Å². The molecule has 0 saturated carbocycles. The van der Waals surface area contributed by atoms with E-state index in [0.717, 1.165) is 11.1 Å². The van der Waals surface area contributed by atoms with Gasteiger partial charge in [0.05, 0.1) is 45.9 Å². The van der Waals surface area contributed by atoms with Crippen LogP contribution in [0.5, 0.6) is 17.2 Å². The van der Waals surface area contributed by atoms with Crippen LogP contribution in [0, 0.1) is 5.92 Å². The van der Waals surface area contributed by atoms with Crippen LogP contribution in [0.25, 0.3) is 11.1 Å². The van der Waals surface area contributed by atoms with E-state index in [1.165, 1.54) is 13.0 Å². The minimum Gasteiger partial charge on any atom is -0.493 e. The zero-order chi connectivity index (χ0) is 30.4. The largest absolute Gasteiger partial charge is 0.493 e. The van der Waals surface area contributed by atoms with Crippen molar-refractivity contribution in [2.24, 2.45) is 5.92 Å². The van der Waals surface area contributed by atoms with Gasteiger partial charge in [-0.1, -0.05) is 26.3 Å². The summed E-state index contributed by atoms with van der Waals surface area (Å²) in [5.41, 5.74) is 3.02. The van der Waals surface area contributed by atoms with Gasteiger partial charge in [-0.25, -0.2) is 0 Å². The molecule has 0 spiro atoms. The molecule has 2 amide bonds. The second kappa shape index (κ2) is 13.5. The molecule has 224 valence electrons. The van der Waals surface area contributed by atoms with Crippen molar-refractivity contribution >= 4 is 17.5 Å². The molecule has 1 aromatic heterocycles. The van der Waals surface area contributed by atoms with Gasteiger partial charge in [0.2, 0.25) is 23.0 Å². The fourth-order valence-corrected chi connectivity index (χ4v) is 5.39. The molecule has 42 heavy (non-hydrogen) atoms. The monoisotopic (exact) mass is 577 g/mol. The van der Waals surface area contributed by atoms with Gasteiger partial charge < -0.3 is 34.6 Å². The molecule has 3 aromatic rings. The van der Waals surface area contributed by atoms with E-state index in [1.807, 2.05) is 26.0 Å². The first-order valence-corrected chi connectivity index (χ1v) is 14.1. The topological polar surface area (TPSA) is 128 Å². The highest BCUT2D eigenvalue weighted by molar-refractivity contribution is 5.86. The van der Waals surface area contributed by atoms with E-state index >= 15 is 0 Å². The Morgan fingerprint density at radius 1 is 1.07 bits per heavy atom. The van der Waals surface area contributed by atoms with Crippen LogP contribution in [0.3, 0.4) is 0 Å². The van der Waals surface area contributed by atoms with Gasteiger partial charge in [0.1, 0.15) is 11.8 Å². The number of ether oxygens (including phenoxy) is 3. The lowest BCUT2D eigenvalue weighted by molar-refractivity contribution is -0.123. The third-order valence-corrected chi connectivity index (χ3v) is 7.74. The Kier molecular flexibility index (Phi) is 9.77. The van der Waals surface area contributed by atoms with Gasteiger partial charge in [-0.2, -0.15) is 0 Å². The number of hydrogen-bond donors (Lipinski definition) is 3. The maximum atomic E-state index is 13.7. The molecule has 10 nitrogen and oxygen atoms in total. The van der Waals surface area contributed by atoms with Crippen molar-refractivity contribution in [2.75, 3.05) is 26.6 Å². The molecule has 0 bridgehead atoms. The number of methoxy groups -OCH3 is 3. The van der Waals surface area contributed by atoms with Gasteiger partial charge in [0.25, 0.3) is 0 Å². The maximum Gasteiger partial charge on any atom is 0.243 e. The van der Waals surface area contributed by atoms with E-state index in [1.54, 1.807) is 45.8 Å². The Labute approximate surface area is 245 Å². The Balaban J connectivity index is 1.83. The molecule has 0 radical (unpaired) electrons. The average Bonchev–Trinajstić information content (AvgIpc) is 3.40. The summed E-state index contributed by atoms with van der Waals surface area (Å²) in [7, 11) is 4.66. The highest BCUT2D eigenvalue weighted by Gasteiger charge is 2.30. The number of amides is 2. The molecule has 0 aliphatic heterocycles. The van der Waals surface area contributed by atoms with E-state index < -0.39 is 12.1 Å². The second-order valence-corrected chi connectivity index (χ2v) is 10.4. The molecule has 1 aliphatic carbocycles. The van der Waals surface area contributed by atoms with Crippen LogP contribution >= 0.6 is 0 Å². The van der Waals surface area contributed by atoms with Crippen molar-refractivity contribution in [2.45, 2.75) is 58.7 Å². The number of anilines is 1. The predicted octanol–water partition coefficient (Wildman–Crippen LogP) is 4.60. The summed E-state index contributed by atoms with van der Waals surface area (Å²) >= 11 is 0. The third-order valence-electron chi connectivity index (χ3n) is 7.74. The number of carbonyl (C=O) groups excluding carboxylic acids is 2. The molecule has 0 saturated heterocycles. The number of furan rings is 1. The molecule has 3 atom stereocenters. The molecule has 3 N–H and O–H groups in total. The summed E-state index contributed by atoms with van der Waals surface area (Å²) in [6, 6.07) is 9.41. The number of hydrogen-bond acceptors (Lipinski definition) is 8. The van der Waals surface area contributed by atoms with Crippen molar-refractivity contribution in [1.29, 1.82) is 0 Å². The third kappa shape index (κ3) is 6.37. The minimum atomic E-state index is -0.669. The lowest BCUT2D eigenvalue weighted by atomic mass is 9.95. The number of aryl methyl sites for hydroxylation is 1. The Bertz CT molecular complexity index is 1490. The molecule has 1 aliphatic rings. The van der Waals surface area contributed by atoms with E-state index in [9.17, 15) is 14.4 Å². The average molecular weight is 578 g/mol. The lowest BCUT2D eigenvalue weighted by Gasteiger charge is -2.23. The van der Waals surface area contributed by atoms with E-state index in [2.05, 4.69) is 16.0 Å². The molecular weight excluding hydrogens is 538 g/mol. The van der Waals surface area contributed by atoms with Crippen molar-refractivity contribution in [3.63, 3.8) is 0 Å². The first-order chi connectivity index (χ1) is 20.2. The van der Waals surface area contributed by atoms with E-state index in [-0.39, 0.29) is 35.4 Å². The molecule has 0 fully saturated rings. The SMILES string of the molecule is CCC(C)C(Nc1ccc2c(cc1=O)C(NC(C)=O)CCc1cc(OC)c(OC)c(OC)c1-2)C(=O)NCc1ccco1. The van der Waals surface area contributed by atoms with Crippen LogP contribution in [0.4, 0.5) is 5.69 Å². The summed E-state index contributed by atoms with van der Waals surface area (Å²) < 4.78 is 22.4. The first-order valence-electron chi connectivity index (χ1n) is 14.1. The Morgan fingerprint density at radius 2 is 1.83 bits per heavy atom. The zero-order valence-electron chi connectivity index (χ0n) is 25.0. The van der Waals surface area contributed by atoms with Crippen LogP contribution in [-0.2, 0) is 22.6 Å². The summed E-state index contributed by atoms with van der Waals surface area (Å²) in [6.45, 7) is 5.64. The second-order valence-electron chi connectivity index (χ2n) is 10.4. The number of nitrogens with one attached hydrogen (secondary N) is 3. The maximum absolute atomic E-state index is 13.7. The minimum absolute atomic E-state index is 0.0750. The highest BCUT2D eigenvalue weighted by atomic mass is 16.5. The van der Waals surface area contributed by atoms with Crippen molar-refractivity contribution < 1.29 is 28.2 Å². The highest BCUT2D eigenvalue weighted by Crippen LogP contribution is 2.50. The van der Waals surface area contributed by atoms with Crippen molar-refractivity contribution in [3.05, 3.63) is 69.8 Å². The quantitative estimate of drug-likeness (QED) is 0.302.